The molecule has 0 aromatic carbocycles. The van der Waals surface area contributed by atoms with E-state index in [9.17, 15) is 4.79 Å². The highest BCUT2D eigenvalue weighted by molar-refractivity contribution is 5.87. The highest BCUT2D eigenvalue weighted by Gasteiger charge is 1.90. The van der Waals surface area contributed by atoms with Gasteiger partial charge in [-0.2, -0.15) is 0 Å². The molecule has 0 aromatic rings. The van der Waals surface area contributed by atoms with Gasteiger partial charge in [0.15, 0.2) is 6.61 Å². The molecule has 0 radical (unpaired) electrons. The molecule has 3 heteroatoms. The first kappa shape index (κ1) is 12.3. The Morgan fingerprint density at radius 1 is 1.43 bits per heavy atom. The largest absolute Gasteiger partial charge is 0.443 e. The van der Waals surface area contributed by atoms with E-state index >= 15 is 0 Å². The standard InChI is InChI=1S/C11H12O3/c1-4-11(12)14-8-6-5-7-13-9-10(2)3/h1H,2,7-9H2,3H3. The summed E-state index contributed by atoms with van der Waals surface area (Å²) < 4.78 is 9.57. The normalized spacial score (nSPS) is 8.00. The molecule has 0 N–H and O–H groups in total. The number of carbonyl (C=O) groups is 1. The lowest BCUT2D eigenvalue weighted by molar-refractivity contribution is -0.135. The van der Waals surface area contributed by atoms with Crippen LogP contribution in [0.1, 0.15) is 6.92 Å². The van der Waals surface area contributed by atoms with Gasteiger partial charge in [0.25, 0.3) is 0 Å². The van der Waals surface area contributed by atoms with Crippen LogP contribution in [-0.2, 0) is 14.3 Å². The van der Waals surface area contributed by atoms with Gasteiger partial charge in [-0.15, -0.1) is 6.42 Å². The summed E-state index contributed by atoms with van der Waals surface area (Å²) in [5.41, 5.74) is 0.936. The van der Waals surface area contributed by atoms with Gasteiger partial charge < -0.3 is 9.47 Å². The molecule has 0 amide bonds. The number of esters is 1. The van der Waals surface area contributed by atoms with Gasteiger partial charge in [-0.05, 0) is 6.92 Å². The van der Waals surface area contributed by atoms with Gasteiger partial charge in [0, 0.05) is 5.92 Å². The van der Waals surface area contributed by atoms with Gasteiger partial charge >= 0.3 is 5.97 Å². The van der Waals surface area contributed by atoms with Crippen LogP contribution in [0.25, 0.3) is 0 Å². The summed E-state index contributed by atoms with van der Waals surface area (Å²) in [6, 6.07) is 0. The molecule has 0 aromatic heterocycles. The monoisotopic (exact) mass is 192 g/mol. The van der Waals surface area contributed by atoms with Gasteiger partial charge in [-0.25, -0.2) is 4.79 Å². The Morgan fingerprint density at radius 2 is 2.07 bits per heavy atom. The predicted octanol–water partition coefficient (Wildman–Crippen LogP) is 0.759. The first-order valence-electron chi connectivity index (χ1n) is 3.98. The molecule has 0 unspecified atom stereocenters. The molecule has 0 rings (SSSR count). The van der Waals surface area contributed by atoms with Crippen LogP contribution in [0.3, 0.4) is 0 Å². The first-order chi connectivity index (χ1) is 6.66. The molecule has 0 bridgehead atoms. The Kier molecular flexibility index (Phi) is 6.95. The van der Waals surface area contributed by atoms with Gasteiger partial charge in [0.2, 0.25) is 0 Å². The number of carbonyl (C=O) groups excluding carboxylic acids is 1. The highest BCUT2D eigenvalue weighted by atomic mass is 16.5. The Hall–Kier alpha value is -1.71. The second kappa shape index (κ2) is 7.91. The van der Waals surface area contributed by atoms with Crippen molar-refractivity contribution in [3.63, 3.8) is 0 Å². The first-order valence-corrected chi connectivity index (χ1v) is 3.98. The molecule has 14 heavy (non-hydrogen) atoms. The maximum absolute atomic E-state index is 10.4. The zero-order valence-electron chi connectivity index (χ0n) is 8.13. The van der Waals surface area contributed by atoms with Gasteiger partial charge in [0.1, 0.15) is 6.61 Å². The van der Waals surface area contributed by atoms with E-state index in [-0.39, 0.29) is 6.61 Å². The number of rotatable bonds is 4. The van der Waals surface area contributed by atoms with Crippen LogP contribution < -0.4 is 0 Å². The average Bonchev–Trinajstić information content (AvgIpc) is 2.15. The molecule has 74 valence electrons. The fourth-order valence-corrected chi connectivity index (χ4v) is 0.522. The van der Waals surface area contributed by atoms with Crippen molar-refractivity contribution >= 4 is 5.97 Å². The lowest BCUT2D eigenvalue weighted by Crippen LogP contribution is -2.01. The molecule has 0 fully saturated rings. The molecule has 0 atom stereocenters. The lowest BCUT2D eigenvalue weighted by Gasteiger charge is -1.96. The highest BCUT2D eigenvalue weighted by Crippen LogP contribution is 1.86. The number of ether oxygens (including phenoxy) is 2. The molecule has 3 nitrogen and oxygen atoms in total. The Morgan fingerprint density at radius 3 is 2.64 bits per heavy atom. The van der Waals surface area contributed by atoms with Crippen molar-refractivity contribution in [3.8, 4) is 24.2 Å². The van der Waals surface area contributed by atoms with Crippen LogP contribution in [0.2, 0.25) is 0 Å². The van der Waals surface area contributed by atoms with Gasteiger partial charge in [-0.3, -0.25) is 0 Å². The molecule has 0 aliphatic heterocycles. The van der Waals surface area contributed by atoms with E-state index in [1.165, 1.54) is 0 Å². The van der Waals surface area contributed by atoms with Crippen molar-refractivity contribution in [3.05, 3.63) is 12.2 Å². The molecule has 0 spiro atoms. The Bertz CT molecular complexity index is 299. The van der Waals surface area contributed by atoms with Gasteiger partial charge in [-0.1, -0.05) is 24.0 Å². The van der Waals surface area contributed by atoms with E-state index in [2.05, 4.69) is 23.2 Å². The van der Waals surface area contributed by atoms with Crippen molar-refractivity contribution in [2.24, 2.45) is 0 Å². The molecular formula is C11H12O3. The smallest absolute Gasteiger partial charge is 0.385 e. The van der Waals surface area contributed by atoms with Crippen LogP contribution in [0.4, 0.5) is 0 Å². The summed E-state index contributed by atoms with van der Waals surface area (Å²) >= 11 is 0. The fourth-order valence-electron chi connectivity index (χ4n) is 0.522. The predicted molar refractivity (Wildman–Crippen MR) is 53.2 cm³/mol. The third kappa shape index (κ3) is 8.39. The summed E-state index contributed by atoms with van der Waals surface area (Å²) in [6.45, 7) is 6.30. The second-order valence-electron chi connectivity index (χ2n) is 2.52. The Labute approximate surface area is 84.1 Å². The minimum absolute atomic E-state index is 0.000531. The SMILES string of the molecule is C#CC(=O)OCC#CCOCC(=C)C. The molecule has 0 saturated heterocycles. The van der Waals surface area contributed by atoms with E-state index in [1.54, 1.807) is 0 Å². The van der Waals surface area contributed by atoms with E-state index in [0.717, 1.165) is 5.57 Å². The van der Waals surface area contributed by atoms with E-state index < -0.39 is 5.97 Å². The summed E-state index contributed by atoms with van der Waals surface area (Å²) in [7, 11) is 0. The summed E-state index contributed by atoms with van der Waals surface area (Å²) in [6.07, 6.45) is 4.76. The van der Waals surface area contributed by atoms with E-state index in [0.29, 0.717) is 13.2 Å². The van der Waals surface area contributed by atoms with Crippen molar-refractivity contribution in [1.29, 1.82) is 0 Å². The zero-order chi connectivity index (χ0) is 10.8. The van der Waals surface area contributed by atoms with E-state index in [4.69, 9.17) is 11.2 Å². The van der Waals surface area contributed by atoms with Crippen molar-refractivity contribution in [1.82, 2.24) is 0 Å². The minimum Gasteiger partial charge on any atom is -0.443 e. The summed E-state index contributed by atoms with van der Waals surface area (Å²) in [5, 5.41) is 0. The van der Waals surface area contributed by atoms with Crippen molar-refractivity contribution in [2.45, 2.75) is 6.92 Å². The minimum atomic E-state index is -0.706. The lowest BCUT2D eigenvalue weighted by atomic mass is 10.4. The van der Waals surface area contributed by atoms with Crippen molar-refractivity contribution in [2.75, 3.05) is 19.8 Å². The third-order valence-electron chi connectivity index (χ3n) is 1.04. The summed E-state index contributed by atoms with van der Waals surface area (Å²) in [4.78, 5) is 10.4. The zero-order valence-corrected chi connectivity index (χ0v) is 8.13. The Balaban J connectivity index is 3.41. The molecular weight excluding hydrogens is 180 g/mol. The maximum Gasteiger partial charge on any atom is 0.385 e. The number of hydrogen-bond acceptors (Lipinski definition) is 3. The number of hydrogen-bond donors (Lipinski definition) is 0. The van der Waals surface area contributed by atoms with Crippen LogP contribution >= 0.6 is 0 Å². The fraction of sp³-hybridized carbons (Fsp3) is 0.364. The van der Waals surface area contributed by atoms with Crippen LogP contribution in [-0.4, -0.2) is 25.8 Å². The van der Waals surface area contributed by atoms with Crippen LogP contribution in [0.15, 0.2) is 12.2 Å². The molecule has 0 saturated carbocycles. The summed E-state index contributed by atoms with van der Waals surface area (Å²) in [5.74, 6) is 6.35. The van der Waals surface area contributed by atoms with Crippen LogP contribution in [0, 0.1) is 24.2 Å². The van der Waals surface area contributed by atoms with Gasteiger partial charge in [0.05, 0.1) is 6.61 Å². The topological polar surface area (TPSA) is 35.5 Å². The average molecular weight is 192 g/mol. The van der Waals surface area contributed by atoms with E-state index in [1.807, 2.05) is 12.8 Å². The quantitative estimate of drug-likeness (QED) is 0.217. The second-order valence-corrected chi connectivity index (χ2v) is 2.52. The molecule has 0 heterocycles. The number of terminal acetylenes is 1. The molecule has 0 aliphatic rings. The third-order valence-corrected chi connectivity index (χ3v) is 1.04. The van der Waals surface area contributed by atoms with Crippen molar-refractivity contribution < 1.29 is 14.3 Å². The maximum atomic E-state index is 10.4. The van der Waals surface area contributed by atoms with Crippen LogP contribution in [0.5, 0.6) is 0 Å². The molecule has 0 aliphatic carbocycles.